The van der Waals surface area contributed by atoms with Crippen LogP contribution in [0.4, 0.5) is 0 Å². The van der Waals surface area contributed by atoms with E-state index in [1.165, 1.54) is 0 Å². The van der Waals surface area contributed by atoms with Crippen LogP contribution in [-0.4, -0.2) is 18.9 Å². The summed E-state index contributed by atoms with van der Waals surface area (Å²) >= 11 is 5.71. The molecule has 0 radical (unpaired) electrons. The van der Waals surface area contributed by atoms with Crippen molar-refractivity contribution < 1.29 is 8.42 Å². The number of halogens is 1. The molecule has 1 saturated carbocycles. The van der Waals surface area contributed by atoms with E-state index in [2.05, 4.69) is 0 Å². The predicted molar refractivity (Wildman–Crippen MR) is 39.6 cm³/mol. The van der Waals surface area contributed by atoms with Crippen molar-refractivity contribution in [2.45, 2.75) is 17.6 Å². The van der Waals surface area contributed by atoms with E-state index in [1.807, 2.05) is 0 Å². The maximum atomic E-state index is 11.1. The third-order valence-electron chi connectivity index (χ3n) is 2.60. The zero-order chi connectivity index (χ0) is 7.35. The third kappa shape index (κ3) is 0.735. The molecule has 2 fully saturated rings. The van der Waals surface area contributed by atoms with Gasteiger partial charge in [0.25, 0.3) is 0 Å². The lowest BCUT2D eigenvalue weighted by Gasteiger charge is -2.29. The molecule has 0 aromatic carbocycles. The molecule has 0 aromatic heterocycles. The Bertz CT molecular complexity index is 246. The van der Waals surface area contributed by atoms with Crippen LogP contribution in [0.25, 0.3) is 0 Å². The number of rotatable bonds is 0. The Morgan fingerprint density at radius 1 is 1.30 bits per heavy atom. The molecule has 1 saturated heterocycles. The minimum absolute atomic E-state index is 0.284. The maximum Gasteiger partial charge on any atom is 0.167 e. The van der Waals surface area contributed by atoms with Crippen molar-refractivity contribution >= 4 is 21.4 Å². The first-order chi connectivity index (χ1) is 4.61. The Morgan fingerprint density at radius 2 is 2.00 bits per heavy atom. The van der Waals surface area contributed by atoms with Crippen LogP contribution in [-0.2, 0) is 9.84 Å². The molecule has 1 aliphatic carbocycles. The van der Waals surface area contributed by atoms with E-state index in [-0.39, 0.29) is 5.92 Å². The van der Waals surface area contributed by atoms with Crippen LogP contribution in [0.2, 0.25) is 0 Å². The van der Waals surface area contributed by atoms with Gasteiger partial charge < -0.3 is 0 Å². The van der Waals surface area contributed by atoms with E-state index < -0.39 is 14.5 Å². The van der Waals surface area contributed by atoms with Crippen LogP contribution in [0.1, 0.15) is 12.8 Å². The first-order valence-electron chi connectivity index (χ1n) is 3.47. The molecular formula is C6H9ClO2S. The summed E-state index contributed by atoms with van der Waals surface area (Å²) in [5, 5.41) is 0. The second-order valence-corrected chi connectivity index (χ2v) is 6.08. The molecule has 4 heteroatoms. The predicted octanol–water partition coefficient (Wildman–Crippen LogP) is 1.01. The summed E-state index contributed by atoms with van der Waals surface area (Å²) in [6.45, 7) is 0. The molecule has 0 spiro atoms. The Labute approximate surface area is 65.5 Å². The van der Waals surface area contributed by atoms with Gasteiger partial charge in [0.15, 0.2) is 9.84 Å². The van der Waals surface area contributed by atoms with Gasteiger partial charge in [0, 0.05) is 0 Å². The third-order valence-corrected chi connectivity index (χ3v) is 5.67. The quantitative estimate of drug-likeness (QED) is 0.522. The van der Waals surface area contributed by atoms with Gasteiger partial charge in [-0.1, -0.05) is 0 Å². The van der Waals surface area contributed by atoms with Gasteiger partial charge >= 0.3 is 0 Å². The van der Waals surface area contributed by atoms with Gasteiger partial charge in [0.05, 0.1) is 5.75 Å². The van der Waals surface area contributed by atoms with Crippen molar-refractivity contribution in [2.75, 3.05) is 5.75 Å². The molecule has 58 valence electrons. The van der Waals surface area contributed by atoms with E-state index in [9.17, 15) is 8.42 Å². The fourth-order valence-corrected chi connectivity index (χ4v) is 4.44. The first kappa shape index (κ1) is 6.92. The lowest BCUT2D eigenvalue weighted by molar-refractivity contribution is 0.233. The van der Waals surface area contributed by atoms with Crippen molar-refractivity contribution in [3.05, 3.63) is 0 Å². The fourth-order valence-electron chi connectivity index (χ4n) is 1.80. The smallest absolute Gasteiger partial charge is 0.167 e. The summed E-state index contributed by atoms with van der Waals surface area (Å²) in [6.07, 6.45) is 2.07. The SMILES string of the molecule is O=S1(=O)CC2CCC2C1Cl. The molecule has 0 aromatic rings. The van der Waals surface area contributed by atoms with Gasteiger partial charge in [0.2, 0.25) is 0 Å². The van der Waals surface area contributed by atoms with Gasteiger partial charge in [-0.05, 0) is 24.7 Å². The number of hydrogen-bond donors (Lipinski definition) is 0. The van der Waals surface area contributed by atoms with E-state index in [1.54, 1.807) is 0 Å². The summed E-state index contributed by atoms with van der Waals surface area (Å²) in [5.74, 6) is 1.02. The van der Waals surface area contributed by atoms with Crippen molar-refractivity contribution in [1.82, 2.24) is 0 Å². The average molecular weight is 181 g/mol. The van der Waals surface area contributed by atoms with Gasteiger partial charge in [-0.2, -0.15) is 0 Å². The summed E-state index contributed by atoms with van der Waals surface area (Å²) < 4.78 is 21.6. The van der Waals surface area contributed by atoms with Gasteiger partial charge in [-0.15, -0.1) is 11.6 Å². The zero-order valence-electron chi connectivity index (χ0n) is 5.46. The van der Waals surface area contributed by atoms with Crippen molar-refractivity contribution in [3.63, 3.8) is 0 Å². The Hall–Kier alpha value is 0.240. The molecule has 0 bridgehead atoms. The largest absolute Gasteiger partial charge is 0.227 e. The highest BCUT2D eigenvalue weighted by Gasteiger charge is 2.50. The highest BCUT2D eigenvalue weighted by atomic mass is 35.5. The topological polar surface area (TPSA) is 34.1 Å². The second kappa shape index (κ2) is 1.89. The zero-order valence-corrected chi connectivity index (χ0v) is 7.03. The van der Waals surface area contributed by atoms with E-state index in [0.717, 1.165) is 12.8 Å². The Balaban J connectivity index is 2.32. The first-order valence-corrected chi connectivity index (χ1v) is 5.62. The molecule has 0 amide bonds. The van der Waals surface area contributed by atoms with E-state index in [4.69, 9.17) is 11.6 Å². The minimum Gasteiger partial charge on any atom is -0.227 e. The fraction of sp³-hybridized carbons (Fsp3) is 1.00. The van der Waals surface area contributed by atoms with Crippen molar-refractivity contribution in [1.29, 1.82) is 0 Å². The molecular weight excluding hydrogens is 172 g/mol. The van der Waals surface area contributed by atoms with Crippen LogP contribution in [0.15, 0.2) is 0 Å². The molecule has 1 heterocycles. The summed E-state index contributed by atoms with van der Waals surface area (Å²) in [4.78, 5) is 0. The van der Waals surface area contributed by atoms with Crippen LogP contribution in [0.3, 0.4) is 0 Å². The average Bonchev–Trinajstić information content (AvgIpc) is 1.91. The van der Waals surface area contributed by atoms with Crippen LogP contribution >= 0.6 is 11.6 Å². The number of fused-ring (bicyclic) bond motifs is 1. The molecule has 2 aliphatic rings. The van der Waals surface area contributed by atoms with Crippen molar-refractivity contribution in [2.24, 2.45) is 11.8 Å². The molecule has 3 atom stereocenters. The number of hydrogen-bond acceptors (Lipinski definition) is 2. The van der Waals surface area contributed by atoms with Gasteiger partial charge in [-0.25, -0.2) is 8.42 Å². The molecule has 2 rings (SSSR count). The van der Waals surface area contributed by atoms with Crippen LogP contribution < -0.4 is 0 Å². The van der Waals surface area contributed by atoms with Gasteiger partial charge in [0.1, 0.15) is 4.71 Å². The second-order valence-electron chi connectivity index (χ2n) is 3.18. The maximum absolute atomic E-state index is 11.1. The minimum atomic E-state index is -2.90. The number of sulfone groups is 1. The summed E-state index contributed by atoms with van der Waals surface area (Å²) in [6, 6.07) is 0. The summed E-state index contributed by atoms with van der Waals surface area (Å²) in [5.41, 5.74) is 0. The summed E-state index contributed by atoms with van der Waals surface area (Å²) in [7, 11) is -2.90. The monoisotopic (exact) mass is 180 g/mol. The Kier molecular flexibility index (Phi) is 1.30. The normalized spacial score (nSPS) is 49.9. The van der Waals surface area contributed by atoms with E-state index in [0.29, 0.717) is 11.7 Å². The lowest BCUT2D eigenvalue weighted by Crippen LogP contribution is -2.26. The molecule has 3 unspecified atom stereocenters. The van der Waals surface area contributed by atoms with Crippen LogP contribution in [0.5, 0.6) is 0 Å². The van der Waals surface area contributed by atoms with Crippen molar-refractivity contribution in [3.8, 4) is 0 Å². The van der Waals surface area contributed by atoms with Gasteiger partial charge in [-0.3, -0.25) is 0 Å². The van der Waals surface area contributed by atoms with Crippen LogP contribution in [0, 0.1) is 11.8 Å². The van der Waals surface area contributed by atoms with E-state index >= 15 is 0 Å². The molecule has 10 heavy (non-hydrogen) atoms. The molecule has 2 nitrogen and oxygen atoms in total. The standard InChI is InChI=1S/C6H9ClO2S/c7-6-5-2-1-4(5)3-10(6,8)9/h4-6H,1-3H2. The molecule has 1 aliphatic heterocycles. The Morgan fingerprint density at radius 3 is 2.20 bits per heavy atom. The highest BCUT2D eigenvalue weighted by Crippen LogP contribution is 2.47. The number of alkyl halides is 1. The molecule has 0 N–H and O–H groups in total. The lowest BCUT2D eigenvalue weighted by atomic mass is 9.76. The highest BCUT2D eigenvalue weighted by molar-refractivity contribution is 7.93.